The average molecular weight is 167 g/mol. The molecule has 0 radical (unpaired) electrons. The van der Waals surface area contributed by atoms with Crippen LogP contribution >= 0.6 is 11.8 Å². The highest BCUT2D eigenvalue weighted by Gasteiger charge is 2.39. The van der Waals surface area contributed by atoms with Gasteiger partial charge in [0.2, 0.25) is 0 Å². The molecule has 0 aromatic carbocycles. The lowest BCUT2D eigenvalue weighted by Crippen LogP contribution is -2.37. The Labute approximate surface area is 63.4 Å². The SMILES string of the molecule is NCC(F)(F)C1CCCS1. The molecule has 1 saturated heterocycles. The Bertz CT molecular complexity index is 112. The molecule has 1 rings (SSSR count). The second-order valence-electron chi connectivity index (χ2n) is 2.47. The molecule has 10 heavy (non-hydrogen) atoms. The van der Waals surface area contributed by atoms with Crippen molar-refractivity contribution in [3.8, 4) is 0 Å². The van der Waals surface area contributed by atoms with E-state index in [1.807, 2.05) is 0 Å². The number of hydrogen-bond donors (Lipinski definition) is 1. The monoisotopic (exact) mass is 167 g/mol. The fraction of sp³-hybridized carbons (Fsp3) is 1.00. The number of rotatable bonds is 2. The van der Waals surface area contributed by atoms with Gasteiger partial charge in [0.15, 0.2) is 0 Å². The normalized spacial score (nSPS) is 27.3. The first-order valence-corrected chi connectivity index (χ1v) is 4.41. The highest BCUT2D eigenvalue weighted by molar-refractivity contribution is 8.00. The molecular formula is C6H11F2NS. The summed E-state index contributed by atoms with van der Waals surface area (Å²) in [7, 11) is 0. The summed E-state index contributed by atoms with van der Waals surface area (Å²) in [6.45, 7) is -0.509. The molecule has 2 N–H and O–H groups in total. The predicted octanol–water partition coefficient (Wildman–Crippen LogP) is 1.48. The molecule has 1 nitrogen and oxygen atoms in total. The number of thioether (sulfide) groups is 1. The van der Waals surface area contributed by atoms with Crippen LogP contribution in [0.5, 0.6) is 0 Å². The Morgan fingerprint density at radius 1 is 1.60 bits per heavy atom. The van der Waals surface area contributed by atoms with Crippen LogP contribution in [0, 0.1) is 0 Å². The molecule has 0 amide bonds. The standard InChI is InChI=1S/C6H11F2NS/c7-6(8,4-9)5-2-1-3-10-5/h5H,1-4,9H2. The summed E-state index contributed by atoms with van der Waals surface area (Å²) in [6.07, 6.45) is 1.53. The lowest BCUT2D eigenvalue weighted by atomic mass is 10.1. The van der Waals surface area contributed by atoms with Crippen LogP contribution in [-0.4, -0.2) is 23.5 Å². The largest absolute Gasteiger partial charge is 0.325 e. The van der Waals surface area contributed by atoms with Gasteiger partial charge >= 0.3 is 0 Å². The van der Waals surface area contributed by atoms with Gasteiger partial charge in [0.25, 0.3) is 5.92 Å². The predicted molar refractivity (Wildman–Crippen MR) is 39.5 cm³/mol. The first-order valence-electron chi connectivity index (χ1n) is 3.36. The van der Waals surface area contributed by atoms with Crippen LogP contribution in [0.2, 0.25) is 0 Å². The maximum absolute atomic E-state index is 12.7. The summed E-state index contributed by atoms with van der Waals surface area (Å²) in [6, 6.07) is 0. The van der Waals surface area contributed by atoms with E-state index < -0.39 is 17.7 Å². The fourth-order valence-electron chi connectivity index (χ4n) is 1.04. The van der Waals surface area contributed by atoms with Crippen molar-refractivity contribution in [3.05, 3.63) is 0 Å². The van der Waals surface area contributed by atoms with E-state index in [4.69, 9.17) is 5.73 Å². The number of alkyl halides is 2. The zero-order chi connectivity index (χ0) is 7.61. The van der Waals surface area contributed by atoms with Gasteiger partial charge in [-0.2, -0.15) is 11.8 Å². The van der Waals surface area contributed by atoms with E-state index in [1.54, 1.807) is 0 Å². The topological polar surface area (TPSA) is 26.0 Å². The van der Waals surface area contributed by atoms with Crippen molar-refractivity contribution in [1.29, 1.82) is 0 Å². The van der Waals surface area contributed by atoms with Gasteiger partial charge in [0.1, 0.15) is 0 Å². The van der Waals surface area contributed by atoms with Crippen molar-refractivity contribution in [2.24, 2.45) is 5.73 Å². The van der Waals surface area contributed by atoms with Crippen molar-refractivity contribution in [1.82, 2.24) is 0 Å². The van der Waals surface area contributed by atoms with Crippen LogP contribution in [0.25, 0.3) is 0 Å². The van der Waals surface area contributed by atoms with Gasteiger partial charge in [0.05, 0.1) is 11.8 Å². The Hall–Kier alpha value is 0.170. The maximum atomic E-state index is 12.7. The molecular weight excluding hydrogens is 156 g/mol. The molecule has 1 aliphatic rings. The van der Waals surface area contributed by atoms with E-state index in [1.165, 1.54) is 11.8 Å². The molecule has 0 aliphatic carbocycles. The third-order valence-corrected chi connectivity index (χ3v) is 3.18. The first-order chi connectivity index (χ1) is 4.67. The molecule has 0 aromatic rings. The van der Waals surface area contributed by atoms with Gasteiger partial charge in [0, 0.05) is 0 Å². The Morgan fingerprint density at radius 3 is 2.70 bits per heavy atom. The maximum Gasteiger partial charge on any atom is 0.271 e. The van der Waals surface area contributed by atoms with Crippen molar-refractivity contribution in [2.45, 2.75) is 24.0 Å². The van der Waals surface area contributed by atoms with Crippen LogP contribution in [-0.2, 0) is 0 Å². The van der Waals surface area contributed by atoms with Gasteiger partial charge in [-0.1, -0.05) is 0 Å². The highest BCUT2D eigenvalue weighted by Crippen LogP contribution is 2.37. The molecule has 4 heteroatoms. The third-order valence-electron chi connectivity index (χ3n) is 1.67. The summed E-state index contributed by atoms with van der Waals surface area (Å²) in [5.41, 5.74) is 4.92. The van der Waals surface area contributed by atoms with Crippen LogP contribution in [0.15, 0.2) is 0 Å². The molecule has 1 fully saturated rings. The Balaban J connectivity index is 2.45. The lowest BCUT2D eigenvalue weighted by Gasteiger charge is -2.19. The van der Waals surface area contributed by atoms with E-state index in [0.717, 1.165) is 12.2 Å². The minimum atomic E-state index is -2.64. The summed E-state index contributed by atoms with van der Waals surface area (Å²) < 4.78 is 25.4. The summed E-state index contributed by atoms with van der Waals surface area (Å²) >= 11 is 1.34. The Morgan fingerprint density at radius 2 is 2.30 bits per heavy atom. The molecule has 1 aliphatic heterocycles. The molecule has 0 saturated carbocycles. The minimum Gasteiger partial charge on any atom is -0.325 e. The molecule has 1 heterocycles. The second-order valence-corrected chi connectivity index (χ2v) is 3.78. The molecule has 1 unspecified atom stereocenters. The zero-order valence-corrected chi connectivity index (χ0v) is 6.46. The summed E-state index contributed by atoms with van der Waals surface area (Å²) in [5, 5.41) is -0.516. The van der Waals surface area contributed by atoms with Gasteiger partial charge in [-0.25, -0.2) is 8.78 Å². The second kappa shape index (κ2) is 3.05. The quantitative estimate of drug-likeness (QED) is 0.674. The van der Waals surface area contributed by atoms with Gasteiger partial charge in [-0.05, 0) is 18.6 Å². The highest BCUT2D eigenvalue weighted by atomic mass is 32.2. The van der Waals surface area contributed by atoms with Crippen molar-refractivity contribution < 1.29 is 8.78 Å². The summed E-state index contributed by atoms with van der Waals surface area (Å²) in [4.78, 5) is 0. The van der Waals surface area contributed by atoms with Crippen LogP contribution in [0.1, 0.15) is 12.8 Å². The van der Waals surface area contributed by atoms with Crippen molar-refractivity contribution in [2.75, 3.05) is 12.3 Å². The average Bonchev–Trinajstić information content (AvgIpc) is 2.38. The zero-order valence-electron chi connectivity index (χ0n) is 5.65. The van der Waals surface area contributed by atoms with E-state index in [2.05, 4.69) is 0 Å². The van der Waals surface area contributed by atoms with Crippen LogP contribution in [0.3, 0.4) is 0 Å². The third kappa shape index (κ3) is 1.61. The first kappa shape index (κ1) is 8.27. The molecule has 60 valence electrons. The molecule has 0 spiro atoms. The van der Waals surface area contributed by atoms with Gasteiger partial charge < -0.3 is 5.73 Å². The van der Waals surface area contributed by atoms with E-state index >= 15 is 0 Å². The van der Waals surface area contributed by atoms with E-state index in [9.17, 15) is 8.78 Å². The smallest absolute Gasteiger partial charge is 0.271 e. The van der Waals surface area contributed by atoms with Crippen LogP contribution < -0.4 is 5.73 Å². The molecule has 0 bridgehead atoms. The molecule has 0 aromatic heterocycles. The van der Waals surface area contributed by atoms with E-state index in [0.29, 0.717) is 6.42 Å². The summed E-state index contributed by atoms with van der Waals surface area (Å²) in [5.74, 6) is -1.78. The molecule has 1 atom stereocenters. The van der Waals surface area contributed by atoms with Crippen molar-refractivity contribution >= 4 is 11.8 Å². The minimum absolute atomic E-state index is 0.509. The van der Waals surface area contributed by atoms with Gasteiger partial charge in [-0.15, -0.1) is 0 Å². The van der Waals surface area contributed by atoms with Gasteiger partial charge in [-0.3, -0.25) is 0 Å². The van der Waals surface area contributed by atoms with E-state index in [-0.39, 0.29) is 0 Å². The number of nitrogens with two attached hydrogens (primary N) is 1. The van der Waals surface area contributed by atoms with Crippen molar-refractivity contribution in [3.63, 3.8) is 0 Å². The number of halogens is 2. The number of hydrogen-bond acceptors (Lipinski definition) is 2. The fourth-order valence-corrected chi connectivity index (χ4v) is 2.33. The van der Waals surface area contributed by atoms with Crippen LogP contribution in [0.4, 0.5) is 8.78 Å². The Kier molecular flexibility index (Phi) is 2.52. The lowest BCUT2D eigenvalue weighted by molar-refractivity contribution is 0.00842.